The van der Waals surface area contributed by atoms with Crippen LogP contribution in [0.25, 0.3) is 5.57 Å². The highest BCUT2D eigenvalue weighted by Gasteiger charge is 2.50. The number of aryl methyl sites for hydroxylation is 2. The van der Waals surface area contributed by atoms with Gasteiger partial charge in [-0.3, -0.25) is 14.5 Å². The number of likely N-dealkylation sites (N-methyl/N-ethyl adjacent to an activating group) is 2. The molecule has 4 heteroatoms. The summed E-state index contributed by atoms with van der Waals surface area (Å²) in [5, 5.41) is 0. The second-order valence-corrected chi connectivity index (χ2v) is 8.87. The number of nitrogens with zero attached hydrogens (tertiary/aromatic N) is 2. The fourth-order valence-corrected chi connectivity index (χ4v) is 4.92. The number of hydrogen-bond acceptors (Lipinski definition) is 3. The van der Waals surface area contributed by atoms with Crippen LogP contribution in [0.15, 0.2) is 96.2 Å². The largest absolute Gasteiger partial charge is 0.352 e. The van der Waals surface area contributed by atoms with Gasteiger partial charge in [0.05, 0.1) is 5.57 Å². The second-order valence-electron chi connectivity index (χ2n) is 8.87. The molecule has 0 saturated carbocycles. The van der Waals surface area contributed by atoms with Crippen LogP contribution in [0.4, 0.5) is 0 Å². The SMILES string of the molecule is Cc1ccc(C2(c3ccc(C)cc3)C=C(c3ccccc3)C3=C(C(=O)N(C)C3=O)N2C)cc1. The summed E-state index contributed by atoms with van der Waals surface area (Å²) in [4.78, 5) is 29.8. The number of hydrogen-bond donors (Lipinski definition) is 0. The van der Waals surface area contributed by atoms with Crippen LogP contribution in [-0.4, -0.2) is 35.7 Å². The first-order valence-corrected chi connectivity index (χ1v) is 11.1. The maximum atomic E-state index is 13.4. The Kier molecular flexibility index (Phi) is 4.82. The van der Waals surface area contributed by atoms with Gasteiger partial charge in [0.1, 0.15) is 11.2 Å². The minimum Gasteiger partial charge on any atom is -0.352 e. The monoisotopic (exact) mass is 434 g/mol. The zero-order valence-electron chi connectivity index (χ0n) is 19.3. The summed E-state index contributed by atoms with van der Waals surface area (Å²) >= 11 is 0. The van der Waals surface area contributed by atoms with E-state index < -0.39 is 5.54 Å². The van der Waals surface area contributed by atoms with Gasteiger partial charge < -0.3 is 4.90 Å². The number of carbonyl (C=O) groups excluding carboxylic acids is 2. The summed E-state index contributed by atoms with van der Waals surface area (Å²) in [6, 6.07) is 26.7. The first-order valence-electron chi connectivity index (χ1n) is 11.1. The minimum atomic E-state index is -0.757. The maximum absolute atomic E-state index is 13.4. The molecule has 33 heavy (non-hydrogen) atoms. The summed E-state index contributed by atoms with van der Waals surface area (Å²) in [5.41, 5.74) is 6.24. The van der Waals surface area contributed by atoms with E-state index in [-0.39, 0.29) is 11.8 Å². The zero-order chi connectivity index (χ0) is 23.3. The number of rotatable bonds is 3. The van der Waals surface area contributed by atoms with Crippen molar-refractivity contribution in [3.8, 4) is 0 Å². The smallest absolute Gasteiger partial charge is 0.277 e. The highest BCUT2D eigenvalue weighted by atomic mass is 16.2. The van der Waals surface area contributed by atoms with Gasteiger partial charge in [0.15, 0.2) is 0 Å². The molecule has 164 valence electrons. The molecule has 2 aliphatic rings. The van der Waals surface area contributed by atoms with Gasteiger partial charge >= 0.3 is 0 Å². The lowest BCUT2D eigenvalue weighted by Crippen LogP contribution is -2.46. The fourth-order valence-electron chi connectivity index (χ4n) is 4.92. The van der Waals surface area contributed by atoms with Crippen LogP contribution >= 0.6 is 0 Å². The third-order valence-corrected chi connectivity index (χ3v) is 6.82. The molecule has 0 spiro atoms. The van der Waals surface area contributed by atoms with Crippen LogP contribution in [0.2, 0.25) is 0 Å². The Bertz CT molecular complexity index is 1270. The van der Waals surface area contributed by atoms with Crippen LogP contribution in [0.3, 0.4) is 0 Å². The molecule has 0 N–H and O–H groups in total. The quantitative estimate of drug-likeness (QED) is 0.555. The molecule has 2 heterocycles. The summed E-state index contributed by atoms with van der Waals surface area (Å²) in [5.74, 6) is -0.541. The maximum Gasteiger partial charge on any atom is 0.277 e. The Morgan fingerprint density at radius 1 is 0.667 bits per heavy atom. The van der Waals surface area contributed by atoms with Crippen molar-refractivity contribution in [2.24, 2.45) is 0 Å². The highest BCUT2D eigenvalue weighted by molar-refractivity contribution is 6.26. The lowest BCUT2D eigenvalue weighted by atomic mass is 9.75. The van der Waals surface area contributed by atoms with E-state index in [4.69, 9.17) is 0 Å². The Morgan fingerprint density at radius 2 is 1.18 bits per heavy atom. The van der Waals surface area contributed by atoms with E-state index in [2.05, 4.69) is 68.5 Å². The van der Waals surface area contributed by atoms with Crippen molar-refractivity contribution in [2.45, 2.75) is 19.4 Å². The van der Waals surface area contributed by atoms with Gasteiger partial charge in [0.2, 0.25) is 0 Å². The summed E-state index contributed by atoms with van der Waals surface area (Å²) < 4.78 is 0. The van der Waals surface area contributed by atoms with Gasteiger partial charge in [-0.25, -0.2) is 0 Å². The molecule has 4 nitrogen and oxygen atoms in total. The third kappa shape index (κ3) is 3.05. The van der Waals surface area contributed by atoms with Gasteiger partial charge in [-0.05, 0) is 42.2 Å². The van der Waals surface area contributed by atoms with Crippen molar-refractivity contribution in [1.29, 1.82) is 0 Å². The van der Waals surface area contributed by atoms with Crippen LogP contribution in [0, 0.1) is 13.8 Å². The average molecular weight is 435 g/mol. The van der Waals surface area contributed by atoms with E-state index >= 15 is 0 Å². The predicted molar refractivity (Wildman–Crippen MR) is 130 cm³/mol. The normalized spacial score (nSPS) is 17.4. The van der Waals surface area contributed by atoms with E-state index in [1.54, 1.807) is 7.05 Å². The fraction of sp³-hybridized carbons (Fsp3) is 0.172. The van der Waals surface area contributed by atoms with Crippen LogP contribution < -0.4 is 0 Å². The van der Waals surface area contributed by atoms with Crippen molar-refractivity contribution < 1.29 is 9.59 Å². The zero-order valence-corrected chi connectivity index (χ0v) is 19.3. The molecule has 0 fully saturated rings. The molecule has 0 unspecified atom stereocenters. The third-order valence-electron chi connectivity index (χ3n) is 6.82. The van der Waals surface area contributed by atoms with E-state index in [0.29, 0.717) is 11.3 Å². The van der Waals surface area contributed by atoms with Crippen molar-refractivity contribution in [3.05, 3.63) is 124 Å². The minimum absolute atomic E-state index is 0.265. The van der Waals surface area contributed by atoms with Gasteiger partial charge in [-0.15, -0.1) is 0 Å². The number of imide groups is 1. The Labute approximate surface area is 194 Å². The molecule has 0 saturated heterocycles. The van der Waals surface area contributed by atoms with Crippen molar-refractivity contribution in [1.82, 2.24) is 9.80 Å². The van der Waals surface area contributed by atoms with Gasteiger partial charge in [0, 0.05) is 14.1 Å². The molecule has 2 aliphatic heterocycles. The van der Waals surface area contributed by atoms with E-state index in [0.717, 1.165) is 33.4 Å². The van der Waals surface area contributed by atoms with Crippen molar-refractivity contribution in [2.75, 3.05) is 14.1 Å². The first-order chi connectivity index (χ1) is 15.8. The molecule has 0 aliphatic carbocycles. The first kappa shape index (κ1) is 21.0. The highest BCUT2D eigenvalue weighted by Crippen LogP contribution is 2.49. The van der Waals surface area contributed by atoms with Crippen LogP contribution in [-0.2, 0) is 15.1 Å². The summed E-state index contributed by atoms with van der Waals surface area (Å²) in [6.07, 6.45) is 2.15. The molecular formula is C29H26N2O2. The number of carbonyl (C=O) groups is 2. The van der Waals surface area contributed by atoms with Crippen molar-refractivity contribution >= 4 is 17.4 Å². The Morgan fingerprint density at radius 3 is 1.70 bits per heavy atom. The van der Waals surface area contributed by atoms with Crippen LogP contribution in [0.1, 0.15) is 27.8 Å². The second kappa shape index (κ2) is 7.59. The predicted octanol–water partition coefficient (Wildman–Crippen LogP) is 4.83. The number of amides is 2. The molecule has 0 bridgehead atoms. The van der Waals surface area contributed by atoms with Crippen LogP contribution in [0.5, 0.6) is 0 Å². The summed E-state index contributed by atoms with van der Waals surface area (Å²) in [6.45, 7) is 4.12. The molecule has 3 aromatic carbocycles. The van der Waals surface area contributed by atoms with E-state index in [1.165, 1.54) is 4.90 Å². The molecule has 3 aromatic rings. The Hall–Kier alpha value is -3.92. The van der Waals surface area contributed by atoms with Crippen molar-refractivity contribution in [3.63, 3.8) is 0 Å². The van der Waals surface area contributed by atoms with Gasteiger partial charge in [0.25, 0.3) is 11.8 Å². The molecule has 0 radical (unpaired) electrons. The lowest BCUT2D eigenvalue weighted by Gasteiger charge is -2.45. The molecule has 0 atom stereocenters. The average Bonchev–Trinajstić information content (AvgIpc) is 3.06. The molecule has 0 aromatic heterocycles. The van der Waals surface area contributed by atoms with E-state index in [1.807, 2.05) is 42.3 Å². The van der Waals surface area contributed by atoms with Gasteiger partial charge in [-0.2, -0.15) is 0 Å². The van der Waals surface area contributed by atoms with Gasteiger partial charge in [-0.1, -0.05) is 90.0 Å². The summed E-state index contributed by atoms with van der Waals surface area (Å²) in [7, 11) is 3.47. The topological polar surface area (TPSA) is 40.6 Å². The lowest BCUT2D eigenvalue weighted by molar-refractivity contribution is -0.136. The van der Waals surface area contributed by atoms with E-state index in [9.17, 15) is 9.59 Å². The molecule has 5 rings (SSSR count). The standard InChI is InChI=1S/C29H26N2O2/c1-19-10-14-22(15-11-19)29(23-16-12-20(2)13-17-23)18-24(21-8-6-5-7-9-21)25-26(31(29)4)28(33)30(3)27(25)32/h5-18H,1-4H3. The Balaban J connectivity index is 1.88. The molecule has 2 amide bonds. The molecular weight excluding hydrogens is 408 g/mol. The number of benzene rings is 3.